The van der Waals surface area contributed by atoms with Crippen LogP contribution in [0.25, 0.3) is 38.2 Å². The molecule has 0 fully saturated rings. The lowest BCUT2D eigenvalue weighted by molar-refractivity contribution is -0.667. The highest BCUT2D eigenvalue weighted by atomic mass is 32.2. The monoisotopic (exact) mass is 661 g/mol. The smallest absolute Gasteiger partial charge is 0.265 e. The van der Waals surface area contributed by atoms with E-state index < -0.39 is 20.2 Å². The van der Waals surface area contributed by atoms with Crippen molar-refractivity contribution in [3.05, 3.63) is 70.6 Å². The Balaban J connectivity index is 1.42. The van der Waals surface area contributed by atoms with Crippen molar-refractivity contribution in [3.8, 4) is 0 Å². The topological polar surface area (TPSA) is 142 Å². The molecule has 0 amide bonds. The normalized spacial score (nSPS) is 15.5. The molecular weight excluding hydrogens is 633 g/mol. The molecule has 14 heteroatoms. The van der Waals surface area contributed by atoms with E-state index >= 15 is 0 Å². The molecule has 3 aromatic heterocycles. The number of allylic oxidation sites excluding steroid dienone is 2. The number of thioether (sulfide) groups is 1. The van der Waals surface area contributed by atoms with Crippen molar-refractivity contribution in [1.29, 1.82) is 0 Å². The summed E-state index contributed by atoms with van der Waals surface area (Å²) in [6, 6.07) is 11.6. The Kier molecular flexibility index (Phi) is 8.17. The number of aromatic nitrogens is 1. The number of anilines is 1. The minimum Gasteiger partial charge on any atom is -0.464 e. The molecule has 0 spiro atoms. The highest BCUT2D eigenvalue weighted by Crippen LogP contribution is 2.50. The van der Waals surface area contributed by atoms with Crippen molar-refractivity contribution in [1.82, 2.24) is 0 Å². The van der Waals surface area contributed by atoms with Gasteiger partial charge in [0.15, 0.2) is 6.54 Å². The zero-order chi connectivity index (χ0) is 30.4. The highest BCUT2D eigenvalue weighted by molar-refractivity contribution is 8.03. The van der Waals surface area contributed by atoms with Crippen molar-refractivity contribution in [2.75, 3.05) is 23.0 Å². The van der Waals surface area contributed by atoms with E-state index in [0.717, 1.165) is 58.3 Å². The average Bonchev–Trinajstić information content (AvgIpc) is 3.71. The van der Waals surface area contributed by atoms with E-state index in [1.165, 1.54) is 0 Å². The summed E-state index contributed by atoms with van der Waals surface area (Å²) in [5.74, 6) is -0.690. The number of furan rings is 2. The molecule has 10 nitrogen and oxygen atoms in total. The first-order chi connectivity index (χ1) is 20.5. The number of nitrogens with zero attached hydrogens (tertiary/aromatic N) is 2. The average molecular weight is 662 g/mol. The van der Waals surface area contributed by atoms with Crippen LogP contribution in [0, 0.1) is 0 Å². The zero-order valence-corrected chi connectivity index (χ0v) is 26.4. The molecule has 1 aliphatic rings. The van der Waals surface area contributed by atoms with Gasteiger partial charge in [0.1, 0.15) is 15.9 Å². The van der Waals surface area contributed by atoms with Crippen LogP contribution in [0.5, 0.6) is 0 Å². The first kappa shape index (κ1) is 29.9. The number of benzene rings is 2. The maximum Gasteiger partial charge on any atom is 0.265 e. The Morgan fingerprint density at radius 3 is 2.33 bits per heavy atom. The van der Waals surface area contributed by atoms with Gasteiger partial charge in [-0.05, 0) is 60.9 Å². The quantitative estimate of drug-likeness (QED) is 0.119. The maximum atomic E-state index is 11.5. The maximum absolute atomic E-state index is 11.5. The number of rotatable bonds is 11. The van der Waals surface area contributed by atoms with Gasteiger partial charge in [0.2, 0.25) is 5.52 Å². The minimum absolute atomic E-state index is 0.236. The molecule has 0 atom stereocenters. The van der Waals surface area contributed by atoms with Gasteiger partial charge in [-0.2, -0.15) is 21.4 Å². The molecule has 2 aromatic carbocycles. The second kappa shape index (κ2) is 11.7. The molecule has 0 aliphatic carbocycles. The van der Waals surface area contributed by atoms with Gasteiger partial charge in [0.25, 0.3) is 25.2 Å². The third kappa shape index (κ3) is 6.40. The third-order valence-electron chi connectivity index (χ3n) is 7.23. The standard InChI is InChI=1S/C29H28N2O8S4/c1-2-19(17-26-30(11-3-15-42(32,33)34)28-20-9-13-38-22(20)5-7-24(28)40-26)18-27-31(12-4-16-43(35,36)37)29-21-10-14-39-23(21)6-8-25(29)41-27/h5-10,13-14,17-18H,2-4,11-12,15-16H2,1H3,(H-,32,33,34,35,36,37)/p+1. The summed E-state index contributed by atoms with van der Waals surface area (Å²) in [5.41, 5.74) is 4.36. The molecule has 0 saturated carbocycles. The van der Waals surface area contributed by atoms with Crippen molar-refractivity contribution >= 4 is 87.3 Å². The van der Waals surface area contributed by atoms with Gasteiger partial charge >= 0.3 is 0 Å². The van der Waals surface area contributed by atoms with Crippen molar-refractivity contribution in [3.63, 3.8) is 0 Å². The van der Waals surface area contributed by atoms with Crippen LogP contribution in [0.2, 0.25) is 0 Å². The summed E-state index contributed by atoms with van der Waals surface area (Å²) in [4.78, 5) is 3.10. The summed E-state index contributed by atoms with van der Waals surface area (Å²) < 4.78 is 78.9. The summed E-state index contributed by atoms with van der Waals surface area (Å²) in [6.07, 6.45) is 8.60. The lowest BCUT2D eigenvalue weighted by atomic mass is 10.1. The molecule has 0 radical (unpaired) electrons. The van der Waals surface area contributed by atoms with E-state index in [1.54, 1.807) is 35.6 Å². The molecule has 1 aliphatic heterocycles. The van der Waals surface area contributed by atoms with E-state index in [2.05, 4.69) is 28.5 Å². The molecule has 43 heavy (non-hydrogen) atoms. The van der Waals surface area contributed by atoms with Crippen molar-refractivity contribution in [2.45, 2.75) is 37.6 Å². The summed E-state index contributed by atoms with van der Waals surface area (Å²) >= 11 is 3.17. The zero-order valence-electron chi connectivity index (χ0n) is 23.1. The summed E-state index contributed by atoms with van der Waals surface area (Å²) in [7, 11) is -8.20. The fourth-order valence-corrected chi connectivity index (χ4v) is 8.68. The molecule has 2 N–H and O–H groups in total. The first-order valence-electron chi connectivity index (χ1n) is 13.6. The van der Waals surface area contributed by atoms with Gasteiger partial charge in [0, 0.05) is 29.3 Å². The molecule has 0 bridgehead atoms. The van der Waals surface area contributed by atoms with E-state index in [-0.39, 0.29) is 24.3 Å². The molecule has 0 saturated heterocycles. The van der Waals surface area contributed by atoms with Crippen LogP contribution in [0.3, 0.4) is 0 Å². The minimum atomic E-state index is -4.10. The number of hydrogen-bond acceptors (Lipinski definition) is 9. The number of thiazole rings is 1. The van der Waals surface area contributed by atoms with E-state index in [1.807, 2.05) is 36.4 Å². The van der Waals surface area contributed by atoms with Crippen LogP contribution in [-0.4, -0.2) is 44.0 Å². The van der Waals surface area contributed by atoms with Gasteiger partial charge in [-0.3, -0.25) is 9.11 Å². The van der Waals surface area contributed by atoms with Gasteiger partial charge < -0.3 is 13.7 Å². The van der Waals surface area contributed by atoms with Crippen molar-refractivity contribution in [2.24, 2.45) is 0 Å². The van der Waals surface area contributed by atoms with Crippen LogP contribution in [-0.2, 0) is 26.8 Å². The Bertz CT molecular complexity index is 2120. The SMILES string of the molecule is CCC(=Cc1sc2ccc3occc3c2[n+]1CCCS(=O)(=O)O)C=C1Sc2ccc3occc3c2N1CCCS(=O)(=O)O. The van der Waals surface area contributed by atoms with Gasteiger partial charge in [0.05, 0.1) is 40.1 Å². The van der Waals surface area contributed by atoms with Crippen LogP contribution in [0.1, 0.15) is 31.2 Å². The second-order valence-electron chi connectivity index (χ2n) is 10.2. The predicted molar refractivity (Wildman–Crippen MR) is 170 cm³/mol. The van der Waals surface area contributed by atoms with E-state index in [9.17, 15) is 25.9 Å². The van der Waals surface area contributed by atoms with Crippen LogP contribution in [0.15, 0.2) is 79.3 Å². The summed E-state index contributed by atoms with van der Waals surface area (Å²) in [5, 5.41) is 3.69. The molecule has 6 rings (SSSR count). The molecule has 4 heterocycles. The Labute approximate surface area is 256 Å². The number of hydrogen-bond donors (Lipinski definition) is 2. The van der Waals surface area contributed by atoms with Crippen LogP contribution in [0.4, 0.5) is 5.69 Å². The lowest BCUT2D eigenvalue weighted by Crippen LogP contribution is -2.36. The van der Waals surface area contributed by atoms with Gasteiger partial charge in [-0.1, -0.05) is 30.0 Å². The van der Waals surface area contributed by atoms with Crippen molar-refractivity contribution < 1.29 is 39.3 Å². The molecule has 0 unspecified atom stereocenters. The highest BCUT2D eigenvalue weighted by Gasteiger charge is 2.29. The molecular formula is C29H29N2O8S4+. The van der Waals surface area contributed by atoms with E-state index in [4.69, 9.17) is 8.83 Å². The molecule has 226 valence electrons. The number of aryl methyl sites for hydroxylation is 1. The Hall–Kier alpha value is -3.14. The Morgan fingerprint density at radius 2 is 1.60 bits per heavy atom. The number of fused-ring (bicyclic) bond motifs is 6. The van der Waals surface area contributed by atoms with Crippen LogP contribution >= 0.6 is 23.1 Å². The fourth-order valence-electron chi connectivity index (χ4n) is 5.33. The predicted octanol–water partition coefficient (Wildman–Crippen LogP) is 6.48. The largest absolute Gasteiger partial charge is 0.464 e. The van der Waals surface area contributed by atoms with Gasteiger partial charge in [-0.25, -0.2) is 0 Å². The van der Waals surface area contributed by atoms with Gasteiger partial charge in [-0.15, -0.1) is 0 Å². The fraction of sp³-hybridized carbons (Fsp3) is 0.276. The molecule has 5 aromatic rings. The Morgan fingerprint density at radius 1 is 0.930 bits per heavy atom. The van der Waals surface area contributed by atoms with E-state index in [0.29, 0.717) is 19.5 Å². The summed E-state index contributed by atoms with van der Waals surface area (Å²) in [6.45, 7) is 2.81. The van der Waals surface area contributed by atoms with Crippen LogP contribution < -0.4 is 9.47 Å². The lowest BCUT2D eigenvalue weighted by Gasteiger charge is -2.21. The third-order valence-corrected chi connectivity index (χ3v) is 11.0. The first-order valence-corrected chi connectivity index (χ1v) is 18.5. The second-order valence-corrected chi connectivity index (χ2v) is 15.4.